The number of imidazole rings is 1. The summed E-state index contributed by atoms with van der Waals surface area (Å²) in [5.74, 6) is 0. The van der Waals surface area contributed by atoms with Gasteiger partial charge in [0.1, 0.15) is 0 Å². The van der Waals surface area contributed by atoms with E-state index < -0.39 is 0 Å². The fourth-order valence-corrected chi connectivity index (χ4v) is 4.62. The van der Waals surface area contributed by atoms with Crippen LogP contribution < -0.4 is 5.32 Å². The summed E-state index contributed by atoms with van der Waals surface area (Å²) in [5.41, 5.74) is 3.00. The minimum absolute atomic E-state index is 0.0277. The molecule has 3 aromatic rings. The van der Waals surface area contributed by atoms with Crippen LogP contribution in [-0.2, 0) is 11.2 Å². The van der Waals surface area contributed by atoms with Gasteiger partial charge < -0.3 is 15.0 Å². The minimum atomic E-state index is -0.267. The molecule has 0 aliphatic carbocycles. The molecule has 0 bridgehead atoms. The maximum Gasteiger partial charge on any atom is 0.317 e. The van der Waals surface area contributed by atoms with Crippen molar-refractivity contribution in [3.05, 3.63) is 47.6 Å². The van der Waals surface area contributed by atoms with Gasteiger partial charge in [0.15, 0.2) is 4.96 Å². The summed E-state index contributed by atoms with van der Waals surface area (Å²) in [7, 11) is 0. The number of aromatic nitrogens is 2. The van der Waals surface area contributed by atoms with E-state index in [0.717, 1.165) is 42.1 Å². The lowest BCUT2D eigenvalue weighted by atomic mass is 10.1. The van der Waals surface area contributed by atoms with Gasteiger partial charge in [-0.1, -0.05) is 30.3 Å². The molecule has 1 saturated heterocycles. The van der Waals surface area contributed by atoms with E-state index >= 15 is 0 Å². The highest BCUT2D eigenvalue weighted by atomic mass is 32.1. The maximum atomic E-state index is 12.9. The summed E-state index contributed by atoms with van der Waals surface area (Å²) < 4.78 is 7.94. The highest BCUT2D eigenvalue weighted by molar-refractivity contribution is 7.15. The van der Waals surface area contributed by atoms with Gasteiger partial charge in [0, 0.05) is 54.5 Å². The van der Waals surface area contributed by atoms with Gasteiger partial charge in [-0.3, -0.25) is 4.40 Å². The Morgan fingerprint density at radius 3 is 2.83 bits per heavy atom. The van der Waals surface area contributed by atoms with Crippen LogP contribution in [0.3, 0.4) is 0 Å². The number of urea groups is 1. The van der Waals surface area contributed by atoms with Crippen molar-refractivity contribution in [2.24, 2.45) is 0 Å². The number of rotatable bonds is 6. The van der Waals surface area contributed by atoms with Crippen LogP contribution in [0.15, 0.2) is 41.9 Å². The number of carbonyl (C=O) groups is 1. The Labute approximate surface area is 181 Å². The standard InChI is InChI=1S/C23H30N4O2S/c1-23(2,3)25-21(28)26(14-19-10-7-13-29-19)12-11-18-16-30-22-24-20(15-27(18)22)17-8-5-4-6-9-17/h4-6,8-9,15-16,19H,7,10-14H2,1-3H3,(H,25,28)/t19-/m1/s1. The first-order chi connectivity index (χ1) is 14.4. The average molecular weight is 427 g/mol. The third-order valence-corrected chi connectivity index (χ3v) is 6.10. The zero-order chi connectivity index (χ0) is 21.1. The minimum Gasteiger partial charge on any atom is -0.376 e. The SMILES string of the molecule is CC(C)(C)NC(=O)N(CCc1csc2nc(-c3ccccc3)cn12)C[C@H]1CCCO1. The fraction of sp³-hybridized carbons (Fsp3) is 0.478. The Morgan fingerprint density at radius 2 is 2.13 bits per heavy atom. The van der Waals surface area contributed by atoms with Gasteiger partial charge in [-0.25, -0.2) is 9.78 Å². The molecule has 2 aromatic heterocycles. The summed E-state index contributed by atoms with van der Waals surface area (Å²) in [6, 6.07) is 10.2. The van der Waals surface area contributed by atoms with Crippen LogP contribution >= 0.6 is 11.3 Å². The van der Waals surface area contributed by atoms with Crippen LogP contribution in [0.2, 0.25) is 0 Å². The molecule has 2 amide bonds. The average Bonchev–Trinajstić information content (AvgIpc) is 3.42. The van der Waals surface area contributed by atoms with Crippen LogP contribution in [0.5, 0.6) is 0 Å². The zero-order valence-corrected chi connectivity index (χ0v) is 18.7. The van der Waals surface area contributed by atoms with Gasteiger partial charge >= 0.3 is 6.03 Å². The van der Waals surface area contributed by atoms with Crippen LogP contribution in [-0.4, -0.2) is 51.7 Å². The first-order valence-corrected chi connectivity index (χ1v) is 11.5. The predicted octanol–water partition coefficient (Wildman–Crippen LogP) is 4.59. The smallest absolute Gasteiger partial charge is 0.317 e. The van der Waals surface area contributed by atoms with Crippen molar-refractivity contribution in [3.8, 4) is 11.3 Å². The maximum absolute atomic E-state index is 12.9. The van der Waals surface area contributed by atoms with Crippen molar-refractivity contribution in [2.45, 2.75) is 51.7 Å². The van der Waals surface area contributed by atoms with E-state index in [9.17, 15) is 4.79 Å². The van der Waals surface area contributed by atoms with E-state index in [1.165, 1.54) is 5.69 Å². The Kier molecular flexibility index (Phi) is 6.11. The topological polar surface area (TPSA) is 58.9 Å². The second-order valence-corrected chi connectivity index (χ2v) is 9.72. The molecule has 30 heavy (non-hydrogen) atoms. The molecule has 1 aliphatic heterocycles. The number of hydrogen-bond donors (Lipinski definition) is 1. The molecule has 1 aromatic carbocycles. The first kappa shape index (κ1) is 20.9. The largest absolute Gasteiger partial charge is 0.376 e. The molecule has 1 fully saturated rings. The predicted molar refractivity (Wildman–Crippen MR) is 121 cm³/mol. The van der Waals surface area contributed by atoms with Crippen LogP contribution in [0.1, 0.15) is 39.3 Å². The van der Waals surface area contributed by atoms with Gasteiger partial charge in [-0.2, -0.15) is 0 Å². The van der Waals surface area contributed by atoms with Crippen molar-refractivity contribution >= 4 is 22.3 Å². The highest BCUT2D eigenvalue weighted by Crippen LogP contribution is 2.24. The molecule has 0 spiro atoms. The molecular weight excluding hydrogens is 396 g/mol. The van der Waals surface area contributed by atoms with Gasteiger partial charge in [0.25, 0.3) is 0 Å². The van der Waals surface area contributed by atoms with E-state index in [4.69, 9.17) is 9.72 Å². The molecule has 4 rings (SSSR count). The van der Waals surface area contributed by atoms with E-state index in [1.807, 2.05) is 43.9 Å². The third-order valence-electron chi connectivity index (χ3n) is 5.21. The van der Waals surface area contributed by atoms with Crippen molar-refractivity contribution in [1.82, 2.24) is 19.6 Å². The molecule has 0 radical (unpaired) electrons. The Balaban J connectivity index is 1.48. The van der Waals surface area contributed by atoms with E-state index in [-0.39, 0.29) is 17.7 Å². The number of ether oxygens (including phenoxy) is 1. The molecular formula is C23H30N4O2S. The zero-order valence-electron chi connectivity index (χ0n) is 17.9. The highest BCUT2D eigenvalue weighted by Gasteiger charge is 2.25. The van der Waals surface area contributed by atoms with Gasteiger partial charge in [-0.15, -0.1) is 11.3 Å². The Hall–Kier alpha value is -2.38. The molecule has 0 saturated carbocycles. The Morgan fingerprint density at radius 1 is 1.33 bits per heavy atom. The monoisotopic (exact) mass is 426 g/mol. The number of hydrogen-bond acceptors (Lipinski definition) is 4. The number of amides is 2. The van der Waals surface area contributed by atoms with E-state index in [1.54, 1.807) is 11.3 Å². The number of thiazole rings is 1. The van der Waals surface area contributed by atoms with Crippen molar-refractivity contribution in [1.29, 1.82) is 0 Å². The molecule has 7 heteroatoms. The molecule has 160 valence electrons. The molecule has 6 nitrogen and oxygen atoms in total. The Bertz CT molecular complexity index is 984. The summed E-state index contributed by atoms with van der Waals surface area (Å²) in [6.07, 6.45) is 5.09. The quantitative estimate of drug-likeness (QED) is 0.627. The number of nitrogens with one attached hydrogen (secondary N) is 1. The lowest BCUT2D eigenvalue weighted by molar-refractivity contribution is 0.0803. The summed E-state index contributed by atoms with van der Waals surface area (Å²) >= 11 is 1.64. The first-order valence-electron chi connectivity index (χ1n) is 10.6. The van der Waals surface area contributed by atoms with Crippen molar-refractivity contribution in [3.63, 3.8) is 0 Å². The van der Waals surface area contributed by atoms with Gasteiger partial charge in [0.05, 0.1) is 11.8 Å². The van der Waals surface area contributed by atoms with Crippen LogP contribution in [0.4, 0.5) is 4.79 Å². The fourth-order valence-electron chi connectivity index (χ4n) is 3.72. The van der Waals surface area contributed by atoms with Gasteiger partial charge in [0.2, 0.25) is 0 Å². The molecule has 0 unspecified atom stereocenters. The number of nitrogens with zero attached hydrogens (tertiary/aromatic N) is 3. The lowest BCUT2D eigenvalue weighted by Gasteiger charge is -2.30. The van der Waals surface area contributed by atoms with Crippen LogP contribution in [0, 0.1) is 0 Å². The summed E-state index contributed by atoms with van der Waals surface area (Å²) in [4.78, 5) is 20.6. The third kappa shape index (κ3) is 5.02. The lowest BCUT2D eigenvalue weighted by Crippen LogP contribution is -2.50. The second-order valence-electron chi connectivity index (χ2n) is 8.88. The second kappa shape index (κ2) is 8.78. The van der Waals surface area contributed by atoms with Gasteiger partial charge in [-0.05, 0) is 33.6 Å². The van der Waals surface area contributed by atoms with Crippen LogP contribution in [0.25, 0.3) is 16.2 Å². The summed E-state index contributed by atoms with van der Waals surface area (Å²) in [6.45, 7) is 8.10. The normalized spacial score (nSPS) is 16.8. The van der Waals surface area contributed by atoms with Crippen molar-refractivity contribution < 1.29 is 9.53 Å². The van der Waals surface area contributed by atoms with E-state index in [2.05, 4.69) is 33.4 Å². The molecule has 1 aliphatic rings. The molecule has 3 heterocycles. The number of carbonyl (C=O) groups excluding carboxylic acids is 1. The number of benzene rings is 1. The number of fused-ring (bicyclic) bond motifs is 1. The molecule has 1 atom stereocenters. The summed E-state index contributed by atoms with van der Waals surface area (Å²) in [5, 5.41) is 5.24. The molecule has 1 N–H and O–H groups in total. The van der Waals surface area contributed by atoms with E-state index in [0.29, 0.717) is 13.1 Å². The van der Waals surface area contributed by atoms with Crippen molar-refractivity contribution in [2.75, 3.05) is 19.7 Å².